The van der Waals surface area contributed by atoms with E-state index >= 15 is 0 Å². The molecule has 0 aliphatic carbocycles. The van der Waals surface area contributed by atoms with Gasteiger partial charge in [-0.25, -0.2) is 4.98 Å². The Kier molecular flexibility index (Phi) is 1.98. The molecule has 0 radical (unpaired) electrons. The van der Waals surface area contributed by atoms with Gasteiger partial charge in [0.2, 0.25) is 0 Å². The first-order valence-corrected chi connectivity index (χ1v) is 4.14. The maximum absolute atomic E-state index is 10.3. The predicted molar refractivity (Wildman–Crippen MR) is 47.8 cm³/mol. The molecule has 0 unspecified atom stereocenters. The first-order valence-electron chi connectivity index (χ1n) is 4.14. The topological polar surface area (TPSA) is 53.4 Å². The first-order chi connectivity index (χ1) is 6.29. The van der Waals surface area contributed by atoms with Crippen molar-refractivity contribution in [3.63, 3.8) is 0 Å². The van der Waals surface area contributed by atoms with Crippen molar-refractivity contribution in [2.75, 3.05) is 18.0 Å². The monoisotopic (exact) mass is 178 g/mol. The lowest BCUT2D eigenvalue weighted by molar-refractivity contribution is 0.112. The number of hydrogen-bond donors (Lipinski definition) is 1. The molecule has 0 amide bonds. The number of aliphatic hydroxyl groups excluding tert-OH is 1. The molecule has 1 aromatic heterocycles. The summed E-state index contributed by atoms with van der Waals surface area (Å²) < 4.78 is 0. The minimum Gasteiger partial charge on any atom is -0.389 e. The molecule has 4 nitrogen and oxygen atoms in total. The van der Waals surface area contributed by atoms with E-state index in [0.29, 0.717) is 18.7 Å². The van der Waals surface area contributed by atoms with E-state index in [4.69, 9.17) is 5.11 Å². The summed E-state index contributed by atoms with van der Waals surface area (Å²) >= 11 is 0. The van der Waals surface area contributed by atoms with Crippen LogP contribution in [0.2, 0.25) is 0 Å². The number of hydrogen-bond acceptors (Lipinski definition) is 4. The number of aliphatic hydroxyl groups is 1. The van der Waals surface area contributed by atoms with E-state index in [2.05, 4.69) is 4.98 Å². The molecular weight excluding hydrogens is 168 g/mol. The van der Waals surface area contributed by atoms with Crippen LogP contribution >= 0.6 is 0 Å². The maximum Gasteiger partial charge on any atom is 0.151 e. The molecule has 4 heteroatoms. The molecule has 0 saturated carbocycles. The minimum atomic E-state index is -0.229. The zero-order valence-corrected chi connectivity index (χ0v) is 7.05. The zero-order chi connectivity index (χ0) is 9.26. The van der Waals surface area contributed by atoms with Crippen molar-refractivity contribution in [3.8, 4) is 0 Å². The number of β-amino-alcohol motifs (C(OH)–C–C–N with tert-alkyl or cyclic N) is 1. The van der Waals surface area contributed by atoms with Gasteiger partial charge in [-0.15, -0.1) is 0 Å². The summed E-state index contributed by atoms with van der Waals surface area (Å²) in [6.07, 6.45) is 2.07. The van der Waals surface area contributed by atoms with Crippen LogP contribution in [-0.2, 0) is 0 Å². The van der Waals surface area contributed by atoms with Crippen molar-refractivity contribution in [2.24, 2.45) is 0 Å². The standard InChI is InChI=1S/C9H10N2O2/c12-6-7-1-2-9(10-3-7)11-4-8(13)5-11/h1-3,6,8,13H,4-5H2. The van der Waals surface area contributed by atoms with Gasteiger partial charge >= 0.3 is 0 Å². The van der Waals surface area contributed by atoms with Gasteiger partial charge in [-0.05, 0) is 12.1 Å². The number of aromatic nitrogens is 1. The molecule has 1 N–H and O–H groups in total. The average molecular weight is 178 g/mol. The van der Waals surface area contributed by atoms with E-state index < -0.39 is 0 Å². The molecule has 0 aromatic carbocycles. The third-order valence-corrected chi connectivity index (χ3v) is 2.09. The Morgan fingerprint density at radius 2 is 2.31 bits per heavy atom. The fourth-order valence-corrected chi connectivity index (χ4v) is 1.30. The first kappa shape index (κ1) is 8.19. The number of nitrogens with zero attached hydrogens (tertiary/aromatic N) is 2. The van der Waals surface area contributed by atoms with Gasteiger partial charge < -0.3 is 10.0 Å². The Bertz CT molecular complexity index is 304. The van der Waals surface area contributed by atoms with Gasteiger partial charge in [0, 0.05) is 24.8 Å². The molecule has 68 valence electrons. The molecule has 2 heterocycles. The van der Waals surface area contributed by atoms with Crippen LogP contribution in [0, 0.1) is 0 Å². The Morgan fingerprint density at radius 3 is 2.77 bits per heavy atom. The van der Waals surface area contributed by atoms with Crippen molar-refractivity contribution < 1.29 is 9.90 Å². The Labute approximate surface area is 75.8 Å². The molecule has 0 spiro atoms. The Morgan fingerprint density at radius 1 is 1.54 bits per heavy atom. The molecule has 1 aromatic rings. The van der Waals surface area contributed by atoms with E-state index in [9.17, 15) is 4.79 Å². The van der Waals surface area contributed by atoms with Gasteiger partial charge in [-0.3, -0.25) is 4.79 Å². The minimum absolute atomic E-state index is 0.229. The molecule has 1 saturated heterocycles. The van der Waals surface area contributed by atoms with Crippen LogP contribution in [0.25, 0.3) is 0 Å². The summed E-state index contributed by atoms with van der Waals surface area (Å²) in [5, 5.41) is 9.05. The van der Waals surface area contributed by atoms with Gasteiger partial charge in [-0.2, -0.15) is 0 Å². The lowest BCUT2D eigenvalue weighted by Crippen LogP contribution is -2.51. The summed E-state index contributed by atoms with van der Waals surface area (Å²) in [6.45, 7) is 1.26. The SMILES string of the molecule is O=Cc1ccc(N2CC(O)C2)nc1. The number of carbonyl (C=O) groups is 1. The molecule has 1 aliphatic rings. The molecule has 1 aliphatic heterocycles. The second kappa shape index (κ2) is 3.14. The van der Waals surface area contributed by atoms with Crippen molar-refractivity contribution in [1.82, 2.24) is 4.98 Å². The normalized spacial score (nSPS) is 16.8. The van der Waals surface area contributed by atoms with E-state index in [1.165, 1.54) is 6.20 Å². The highest BCUT2D eigenvalue weighted by molar-refractivity contribution is 5.74. The highest BCUT2D eigenvalue weighted by Gasteiger charge is 2.24. The fourth-order valence-electron chi connectivity index (χ4n) is 1.30. The van der Waals surface area contributed by atoms with Crippen molar-refractivity contribution in [3.05, 3.63) is 23.9 Å². The highest BCUT2D eigenvalue weighted by Crippen LogP contribution is 2.17. The third kappa shape index (κ3) is 1.53. The van der Waals surface area contributed by atoms with E-state index in [1.54, 1.807) is 12.1 Å². The molecule has 2 rings (SSSR count). The second-order valence-corrected chi connectivity index (χ2v) is 3.13. The fraction of sp³-hybridized carbons (Fsp3) is 0.333. The van der Waals surface area contributed by atoms with Crippen LogP contribution in [0.1, 0.15) is 10.4 Å². The zero-order valence-electron chi connectivity index (χ0n) is 7.05. The smallest absolute Gasteiger partial charge is 0.151 e. The summed E-state index contributed by atoms with van der Waals surface area (Å²) in [6, 6.07) is 3.51. The van der Waals surface area contributed by atoms with Crippen molar-refractivity contribution >= 4 is 12.1 Å². The lowest BCUT2D eigenvalue weighted by Gasteiger charge is -2.36. The molecule has 0 atom stereocenters. The lowest BCUT2D eigenvalue weighted by atomic mass is 10.1. The van der Waals surface area contributed by atoms with E-state index in [1.807, 2.05) is 4.90 Å². The molecule has 13 heavy (non-hydrogen) atoms. The van der Waals surface area contributed by atoms with Crippen molar-refractivity contribution in [2.45, 2.75) is 6.10 Å². The van der Waals surface area contributed by atoms with Gasteiger partial charge in [-0.1, -0.05) is 0 Å². The van der Waals surface area contributed by atoms with Gasteiger partial charge in [0.1, 0.15) is 5.82 Å². The van der Waals surface area contributed by atoms with Crippen molar-refractivity contribution in [1.29, 1.82) is 0 Å². The van der Waals surface area contributed by atoms with Crippen LogP contribution < -0.4 is 4.90 Å². The van der Waals surface area contributed by atoms with E-state index in [0.717, 1.165) is 12.1 Å². The maximum atomic E-state index is 10.3. The Hall–Kier alpha value is -1.42. The highest BCUT2D eigenvalue weighted by atomic mass is 16.3. The Balaban J connectivity index is 2.10. The van der Waals surface area contributed by atoms with E-state index in [-0.39, 0.29) is 6.10 Å². The predicted octanol–water partition coefficient (Wildman–Crippen LogP) is 0.0750. The van der Waals surface area contributed by atoms with Gasteiger partial charge in [0.05, 0.1) is 6.10 Å². The average Bonchev–Trinajstić information content (AvgIpc) is 2.13. The van der Waals surface area contributed by atoms with Gasteiger partial charge in [0.15, 0.2) is 6.29 Å². The number of rotatable bonds is 2. The molecule has 1 fully saturated rings. The third-order valence-electron chi connectivity index (χ3n) is 2.09. The molecular formula is C9H10N2O2. The largest absolute Gasteiger partial charge is 0.389 e. The summed E-state index contributed by atoms with van der Waals surface area (Å²) in [4.78, 5) is 16.4. The van der Waals surface area contributed by atoms with Crippen LogP contribution in [0.5, 0.6) is 0 Å². The summed E-state index contributed by atoms with van der Waals surface area (Å²) in [7, 11) is 0. The number of carbonyl (C=O) groups excluding carboxylic acids is 1. The van der Waals surface area contributed by atoms with Crippen LogP contribution in [-0.4, -0.2) is 35.6 Å². The number of anilines is 1. The quantitative estimate of drug-likeness (QED) is 0.651. The number of pyridine rings is 1. The van der Waals surface area contributed by atoms with Crippen LogP contribution in [0.4, 0.5) is 5.82 Å². The summed E-state index contributed by atoms with van der Waals surface area (Å²) in [5.74, 6) is 0.816. The van der Waals surface area contributed by atoms with Gasteiger partial charge in [0.25, 0.3) is 0 Å². The second-order valence-electron chi connectivity index (χ2n) is 3.13. The van der Waals surface area contributed by atoms with Crippen LogP contribution in [0.3, 0.4) is 0 Å². The summed E-state index contributed by atoms with van der Waals surface area (Å²) in [5.41, 5.74) is 0.574. The number of aldehydes is 1. The molecule has 0 bridgehead atoms. The van der Waals surface area contributed by atoms with Crippen LogP contribution in [0.15, 0.2) is 18.3 Å².